The second-order valence-electron chi connectivity index (χ2n) is 11.8. The van der Waals surface area contributed by atoms with Crippen LogP contribution in [0.15, 0.2) is 60.7 Å². The molecule has 1 saturated carbocycles. The van der Waals surface area contributed by atoms with E-state index in [-0.39, 0.29) is 52.6 Å². The molecule has 0 radical (unpaired) electrons. The minimum atomic E-state index is -2.59. The zero-order valence-electron chi connectivity index (χ0n) is 21.0. The fraction of sp³-hybridized carbons (Fsp3) is 0.536. The molecule has 172 valence electrons. The van der Waals surface area contributed by atoms with E-state index in [0.29, 0.717) is 18.4 Å². The first kappa shape index (κ1) is 26.2. The zero-order chi connectivity index (χ0) is 22.7. The van der Waals surface area contributed by atoms with E-state index in [9.17, 15) is 0 Å². The van der Waals surface area contributed by atoms with Crippen molar-refractivity contribution in [3.63, 3.8) is 0 Å². The fourth-order valence-corrected chi connectivity index (χ4v) is 11.1. The summed E-state index contributed by atoms with van der Waals surface area (Å²) in [6, 6.07) is 21.8. The van der Waals surface area contributed by atoms with Crippen molar-refractivity contribution in [2.45, 2.75) is 66.0 Å². The molecule has 0 spiro atoms. The van der Waals surface area contributed by atoms with E-state index in [2.05, 4.69) is 123 Å². The van der Waals surface area contributed by atoms with E-state index in [1.54, 1.807) is 0 Å². The summed E-state index contributed by atoms with van der Waals surface area (Å²) in [4.78, 5) is 0. The zero-order valence-corrected chi connectivity index (χ0v) is 26.2. The third kappa shape index (κ3) is 3.47. The third-order valence-corrected chi connectivity index (χ3v) is 14.1. The molecule has 2 bridgehead atoms. The molecular formula is C28H39O2SiU-. The van der Waals surface area contributed by atoms with Gasteiger partial charge in [0.25, 0.3) is 8.32 Å². The molecule has 2 aromatic rings. The van der Waals surface area contributed by atoms with Gasteiger partial charge in [0.15, 0.2) is 0 Å². The van der Waals surface area contributed by atoms with Gasteiger partial charge in [-0.2, -0.15) is 0 Å². The predicted molar refractivity (Wildman–Crippen MR) is 132 cm³/mol. The van der Waals surface area contributed by atoms with Crippen molar-refractivity contribution in [3.8, 4) is 0 Å². The van der Waals surface area contributed by atoms with Gasteiger partial charge in [-0.3, -0.25) is 0 Å². The normalized spacial score (nSPS) is 28.4. The van der Waals surface area contributed by atoms with Gasteiger partial charge in [-0.25, -0.2) is 6.61 Å². The molecule has 2 fully saturated rings. The van der Waals surface area contributed by atoms with Gasteiger partial charge >= 0.3 is 0 Å². The van der Waals surface area contributed by atoms with Crippen molar-refractivity contribution in [2.24, 2.45) is 22.7 Å². The Hall–Kier alpha value is -0.371. The summed E-state index contributed by atoms with van der Waals surface area (Å²) in [6.45, 7) is 21.7. The molecule has 0 amide bonds. The molecule has 3 unspecified atom stereocenters. The van der Waals surface area contributed by atoms with Crippen LogP contribution in [0.1, 0.15) is 55.4 Å². The van der Waals surface area contributed by atoms with Crippen molar-refractivity contribution in [1.29, 1.82) is 0 Å². The first-order valence-corrected chi connectivity index (χ1v) is 13.6. The number of hydrogen-bond donors (Lipinski definition) is 0. The Morgan fingerprint density at radius 2 is 1.38 bits per heavy atom. The summed E-state index contributed by atoms with van der Waals surface area (Å²) in [5, 5.41) is 2.62. The van der Waals surface area contributed by atoms with Gasteiger partial charge in [0.2, 0.25) is 0 Å². The van der Waals surface area contributed by atoms with Crippen LogP contribution in [0.4, 0.5) is 0 Å². The monoisotopic (exact) mass is 673 g/mol. The molecule has 1 aliphatic heterocycles. The average Bonchev–Trinajstić information content (AvgIpc) is 3.11. The van der Waals surface area contributed by atoms with Gasteiger partial charge in [0.05, 0.1) is 12.2 Å². The molecule has 4 heteroatoms. The Morgan fingerprint density at radius 3 is 1.75 bits per heavy atom. The number of rotatable bonds is 5. The first-order chi connectivity index (χ1) is 14.4. The number of hydrogen-bond acceptors (Lipinski definition) is 2. The van der Waals surface area contributed by atoms with Crippen LogP contribution >= 0.6 is 0 Å². The Kier molecular flexibility index (Phi) is 7.12. The fourth-order valence-electron chi connectivity index (χ4n) is 6.51. The van der Waals surface area contributed by atoms with Gasteiger partial charge in [0.1, 0.15) is 0 Å². The standard InChI is InChI=1S/C28H39O2Si.U/c1-21-24-19-29-28(21,27(7,8)26(24,5)6)20-30-31(25(2,3)4,22-15-11-9-12-16-22)23-17-13-10-14-18-23;/h9-19,21,24H,20H2,1-8H3;/q-1;. The summed E-state index contributed by atoms with van der Waals surface area (Å²) in [6.07, 6.45) is 0. The van der Waals surface area contributed by atoms with Crippen LogP contribution in [-0.4, -0.2) is 20.5 Å². The van der Waals surface area contributed by atoms with Gasteiger partial charge in [0, 0.05) is 31.1 Å². The Balaban J connectivity index is 0.00000289. The number of ether oxygens (including phenoxy) is 1. The van der Waals surface area contributed by atoms with Crippen LogP contribution in [0.2, 0.25) is 5.04 Å². The maximum Gasteiger partial charge on any atom is 0.261 e. The molecule has 0 aromatic heterocycles. The van der Waals surface area contributed by atoms with Crippen LogP contribution in [0, 0.1) is 60.4 Å². The number of fused-ring (bicyclic) bond motifs is 2. The molecule has 1 saturated heterocycles. The van der Waals surface area contributed by atoms with Crippen LogP contribution in [-0.2, 0) is 9.16 Å². The summed E-state index contributed by atoms with van der Waals surface area (Å²) >= 11 is 0. The summed E-state index contributed by atoms with van der Waals surface area (Å²) in [7, 11) is -2.59. The molecule has 32 heavy (non-hydrogen) atoms. The van der Waals surface area contributed by atoms with Crippen LogP contribution in [0.5, 0.6) is 0 Å². The van der Waals surface area contributed by atoms with E-state index < -0.39 is 8.32 Å². The molecule has 2 nitrogen and oxygen atoms in total. The maximum atomic E-state index is 7.36. The molecule has 1 heterocycles. The predicted octanol–water partition coefficient (Wildman–Crippen LogP) is 5.81. The summed E-state index contributed by atoms with van der Waals surface area (Å²) in [5.74, 6) is 0.876. The van der Waals surface area contributed by atoms with Crippen molar-refractivity contribution in [2.75, 3.05) is 6.61 Å². The summed E-state index contributed by atoms with van der Waals surface area (Å²) < 4.78 is 13.9. The van der Waals surface area contributed by atoms with Crippen LogP contribution < -0.4 is 10.4 Å². The molecule has 0 N–H and O–H groups in total. The Morgan fingerprint density at radius 1 is 0.906 bits per heavy atom. The van der Waals surface area contributed by atoms with Crippen molar-refractivity contribution in [1.82, 2.24) is 0 Å². The van der Waals surface area contributed by atoms with Gasteiger partial charge < -0.3 is 9.16 Å². The van der Waals surface area contributed by atoms with E-state index in [4.69, 9.17) is 9.16 Å². The second-order valence-corrected chi connectivity index (χ2v) is 16.1. The summed E-state index contributed by atoms with van der Waals surface area (Å²) in [5.41, 5.74) is -0.141. The van der Waals surface area contributed by atoms with E-state index in [0.717, 1.165) is 0 Å². The molecule has 1 aliphatic carbocycles. The largest absolute Gasteiger partial charge is 0.545 e. The van der Waals surface area contributed by atoms with Gasteiger partial charge in [-0.1, -0.05) is 116 Å². The van der Waals surface area contributed by atoms with Gasteiger partial charge in [-0.15, -0.1) is 5.92 Å². The third-order valence-electron chi connectivity index (χ3n) is 9.12. The first-order valence-electron chi connectivity index (χ1n) is 11.7. The Labute approximate surface area is 220 Å². The van der Waals surface area contributed by atoms with Crippen molar-refractivity contribution in [3.05, 3.63) is 67.3 Å². The molecule has 4 rings (SSSR count). The quantitative estimate of drug-likeness (QED) is 0.295. The van der Waals surface area contributed by atoms with Crippen molar-refractivity contribution < 1.29 is 40.3 Å². The van der Waals surface area contributed by atoms with E-state index >= 15 is 0 Å². The minimum Gasteiger partial charge on any atom is -0.545 e. The number of benzene rings is 2. The molecule has 2 aliphatic rings. The second kappa shape index (κ2) is 8.69. The van der Waals surface area contributed by atoms with Crippen LogP contribution in [0.3, 0.4) is 0 Å². The minimum absolute atomic E-state index is 0. The molecule has 3 atom stereocenters. The van der Waals surface area contributed by atoms with E-state index in [1.165, 1.54) is 10.4 Å². The van der Waals surface area contributed by atoms with E-state index in [1.807, 2.05) is 0 Å². The topological polar surface area (TPSA) is 18.5 Å². The van der Waals surface area contributed by atoms with Crippen LogP contribution in [0.25, 0.3) is 0 Å². The molecule has 2 aromatic carbocycles. The van der Waals surface area contributed by atoms with Crippen molar-refractivity contribution >= 4 is 18.7 Å². The Bertz CT molecular complexity index is 880. The average molecular weight is 674 g/mol. The SMILES string of the molecule is CC1C2[CH-]OC1(CO[Si](c1ccccc1)(c1ccccc1)C(C)(C)C)C(C)(C)C2(C)C.[U]. The molecular weight excluding hydrogens is 634 g/mol. The maximum absolute atomic E-state index is 7.36. The smallest absolute Gasteiger partial charge is 0.261 e. The van der Waals surface area contributed by atoms with Gasteiger partial charge in [-0.05, 0) is 32.2 Å².